The number of thiazole rings is 1. The van der Waals surface area contributed by atoms with Crippen molar-refractivity contribution in [3.05, 3.63) is 69.7 Å². The van der Waals surface area contributed by atoms with Gasteiger partial charge in [0.1, 0.15) is 22.2 Å². The quantitative estimate of drug-likeness (QED) is 0.626. The van der Waals surface area contributed by atoms with E-state index >= 15 is 0 Å². The Morgan fingerprint density at radius 2 is 1.96 bits per heavy atom. The summed E-state index contributed by atoms with van der Waals surface area (Å²) in [6.45, 7) is 4.75. The first kappa shape index (κ1) is 19.0. The zero-order chi connectivity index (χ0) is 19.2. The first-order chi connectivity index (χ1) is 13.0. The molecule has 0 radical (unpaired) electrons. The number of pyridine rings is 2. The van der Waals surface area contributed by atoms with E-state index in [4.69, 9.17) is 4.74 Å². The molecule has 3 aromatic rings. The lowest BCUT2D eigenvalue weighted by Crippen LogP contribution is -2.28. The van der Waals surface area contributed by atoms with Gasteiger partial charge in [-0.1, -0.05) is 0 Å². The van der Waals surface area contributed by atoms with Crippen molar-refractivity contribution in [2.75, 3.05) is 13.6 Å². The summed E-state index contributed by atoms with van der Waals surface area (Å²) >= 11 is 1.38. The summed E-state index contributed by atoms with van der Waals surface area (Å²) < 4.78 is 5.72. The van der Waals surface area contributed by atoms with Crippen LogP contribution in [0, 0.1) is 13.8 Å². The van der Waals surface area contributed by atoms with E-state index in [9.17, 15) is 4.79 Å². The number of ether oxygens (including phenoxy) is 1. The molecule has 1 amide bonds. The van der Waals surface area contributed by atoms with Gasteiger partial charge in [0.25, 0.3) is 5.91 Å². The Labute approximate surface area is 162 Å². The minimum atomic E-state index is -0.0118. The average molecular weight is 382 g/mol. The maximum atomic E-state index is 12.7. The summed E-state index contributed by atoms with van der Waals surface area (Å²) in [6.07, 6.45) is 6.01. The normalized spacial score (nSPS) is 10.6. The number of amides is 1. The molecule has 0 spiro atoms. The molecule has 0 saturated carbocycles. The molecule has 0 aromatic carbocycles. The average Bonchev–Trinajstić information content (AvgIpc) is 3.06. The van der Waals surface area contributed by atoms with Crippen LogP contribution in [0.3, 0.4) is 0 Å². The molecule has 3 aromatic heterocycles. The molecule has 140 valence electrons. The van der Waals surface area contributed by atoms with Crippen LogP contribution in [0.4, 0.5) is 0 Å². The summed E-state index contributed by atoms with van der Waals surface area (Å²) in [5, 5.41) is 0.777. The highest BCUT2D eigenvalue weighted by Crippen LogP contribution is 2.21. The zero-order valence-corrected chi connectivity index (χ0v) is 16.5. The summed E-state index contributed by atoms with van der Waals surface area (Å²) in [7, 11) is 1.82. The molecular weight excluding hydrogens is 360 g/mol. The van der Waals surface area contributed by atoms with Crippen molar-refractivity contribution < 1.29 is 9.53 Å². The van der Waals surface area contributed by atoms with Crippen molar-refractivity contribution in [2.45, 2.75) is 26.9 Å². The first-order valence-electron chi connectivity index (χ1n) is 8.69. The molecule has 0 unspecified atom stereocenters. The third-order valence-corrected chi connectivity index (χ3v) is 5.23. The van der Waals surface area contributed by atoms with Crippen LogP contribution in [0.15, 0.2) is 42.9 Å². The lowest BCUT2D eigenvalue weighted by Gasteiger charge is -2.16. The van der Waals surface area contributed by atoms with Crippen LogP contribution in [0.1, 0.15) is 31.6 Å². The van der Waals surface area contributed by atoms with Crippen LogP contribution in [-0.2, 0) is 13.0 Å². The Kier molecular flexibility index (Phi) is 6.13. The molecule has 3 heterocycles. The number of likely N-dealkylation sites (N-methyl/N-ethyl adjacent to an activating group) is 1. The number of carbonyl (C=O) groups is 1. The largest absolute Gasteiger partial charge is 0.485 e. The fraction of sp³-hybridized carbons (Fsp3) is 0.300. The van der Waals surface area contributed by atoms with E-state index in [1.54, 1.807) is 23.5 Å². The van der Waals surface area contributed by atoms with Crippen LogP contribution in [0.5, 0.6) is 5.75 Å². The van der Waals surface area contributed by atoms with E-state index in [0.29, 0.717) is 23.8 Å². The van der Waals surface area contributed by atoms with Crippen molar-refractivity contribution in [3.63, 3.8) is 0 Å². The second kappa shape index (κ2) is 8.73. The molecule has 0 saturated heterocycles. The number of rotatable bonds is 7. The molecule has 7 heteroatoms. The maximum absolute atomic E-state index is 12.7. The minimum Gasteiger partial charge on any atom is -0.485 e. The number of carbonyl (C=O) groups excluding carboxylic acids is 1. The van der Waals surface area contributed by atoms with Crippen molar-refractivity contribution >= 4 is 17.2 Å². The summed E-state index contributed by atoms with van der Waals surface area (Å²) in [4.78, 5) is 27.8. The summed E-state index contributed by atoms with van der Waals surface area (Å²) in [6, 6.07) is 7.70. The van der Waals surface area contributed by atoms with E-state index in [1.807, 2.05) is 45.2 Å². The molecule has 0 bridgehead atoms. The number of aromatic nitrogens is 3. The molecule has 0 N–H and O–H groups in total. The molecular formula is C20H22N4O2S. The fourth-order valence-corrected chi connectivity index (χ4v) is 3.49. The highest BCUT2D eigenvalue weighted by Gasteiger charge is 2.19. The molecule has 0 aliphatic rings. The molecule has 0 atom stereocenters. The van der Waals surface area contributed by atoms with Gasteiger partial charge in [-0.3, -0.25) is 14.8 Å². The van der Waals surface area contributed by atoms with Gasteiger partial charge >= 0.3 is 0 Å². The molecule has 0 aliphatic carbocycles. The Hall–Kier alpha value is -2.80. The van der Waals surface area contributed by atoms with E-state index in [-0.39, 0.29) is 5.91 Å². The van der Waals surface area contributed by atoms with Gasteiger partial charge in [0.2, 0.25) is 0 Å². The van der Waals surface area contributed by atoms with Gasteiger partial charge in [0.05, 0.1) is 11.9 Å². The van der Waals surface area contributed by atoms with Gasteiger partial charge in [0, 0.05) is 31.7 Å². The smallest absolute Gasteiger partial charge is 0.265 e. The van der Waals surface area contributed by atoms with Gasteiger partial charge in [-0.05, 0) is 50.1 Å². The fourth-order valence-electron chi connectivity index (χ4n) is 2.52. The predicted molar refractivity (Wildman–Crippen MR) is 105 cm³/mol. The SMILES string of the molecule is Cc1ccc(OCc2nc(C)c(C(=O)N(C)CCc3ccncc3)s2)cn1. The highest BCUT2D eigenvalue weighted by molar-refractivity contribution is 7.13. The van der Waals surface area contributed by atoms with Crippen molar-refractivity contribution in [2.24, 2.45) is 0 Å². The minimum absolute atomic E-state index is 0.0118. The number of nitrogens with zero attached hydrogens (tertiary/aromatic N) is 4. The van der Waals surface area contributed by atoms with Gasteiger partial charge in [-0.2, -0.15) is 0 Å². The summed E-state index contributed by atoms with van der Waals surface area (Å²) in [5.41, 5.74) is 2.84. The second-order valence-corrected chi connectivity index (χ2v) is 7.36. The first-order valence-corrected chi connectivity index (χ1v) is 9.50. The number of hydrogen-bond acceptors (Lipinski definition) is 6. The standard InChI is InChI=1S/C20H22N4O2S/c1-14-4-5-17(12-22-14)26-13-18-23-15(2)19(27-18)20(25)24(3)11-8-16-6-9-21-10-7-16/h4-7,9-10,12H,8,11,13H2,1-3H3. The third-order valence-electron chi connectivity index (χ3n) is 4.11. The van der Waals surface area contributed by atoms with Crippen LogP contribution < -0.4 is 4.74 Å². The second-order valence-electron chi connectivity index (χ2n) is 6.28. The lowest BCUT2D eigenvalue weighted by molar-refractivity contribution is 0.0800. The molecule has 27 heavy (non-hydrogen) atoms. The van der Waals surface area contributed by atoms with E-state index in [2.05, 4.69) is 15.0 Å². The molecule has 0 aliphatic heterocycles. The number of aryl methyl sites for hydroxylation is 2. The zero-order valence-electron chi connectivity index (χ0n) is 15.7. The predicted octanol–water partition coefficient (Wildman–Crippen LogP) is 3.44. The van der Waals surface area contributed by atoms with Crippen LogP contribution in [0.25, 0.3) is 0 Å². The van der Waals surface area contributed by atoms with E-state index < -0.39 is 0 Å². The van der Waals surface area contributed by atoms with Gasteiger partial charge in [-0.15, -0.1) is 11.3 Å². The van der Waals surface area contributed by atoms with Crippen molar-refractivity contribution in [1.29, 1.82) is 0 Å². The lowest BCUT2D eigenvalue weighted by atomic mass is 10.2. The van der Waals surface area contributed by atoms with Crippen LogP contribution >= 0.6 is 11.3 Å². The van der Waals surface area contributed by atoms with Crippen LogP contribution in [-0.4, -0.2) is 39.4 Å². The van der Waals surface area contributed by atoms with Gasteiger partial charge in [-0.25, -0.2) is 4.98 Å². The molecule has 0 fully saturated rings. The third kappa shape index (κ3) is 5.10. The van der Waals surface area contributed by atoms with Crippen LogP contribution in [0.2, 0.25) is 0 Å². The monoisotopic (exact) mass is 382 g/mol. The Morgan fingerprint density at radius 3 is 2.67 bits per heavy atom. The Morgan fingerprint density at radius 1 is 1.19 bits per heavy atom. The summed E-state index contributed by atoms with van der Waals surface area (Å²) in [5.74, 6) is 0.679. The van der Waals surface area contributed by atoms with E-state index in [0.717, 1.165) is 28.4 Å². The maximum Gasteiger partial charge on any atom is 0.265 e. The molecule has 6 nitrogen and oxygen atoms in total. The van der Waals surface area contributed by atoms with E-state index in [1.165, 1.54) is 11.3 Å². The van der Waals surface area contributed by atoms with Crippen molar-refractivity contribution in [3.8, 4) is 5.75 Å². The van der Waals surface area contributed by atoms with Gasteiger partial charge in [0.15, 0.2) is 0 Å². The Bertz CT molecular complexity index is 894. The number of hydrogen-bond donors (Lipinski definition) is 0. The van der Waals surface area contributed by atoms with Gasteiger partial charge < -0.3 is 9.64 Å². The Balaban J connectivity index is 1.59. The molecule has 3 rings (SSSR count). The highest BCUT2D eigenvalue weighted by atomic mass is 32.1. The van der Waals surface area contributed by atoms with Crippen molar-refractivity contribution in [1.82, 2.24) is 19.9 Å². The topological polar surface area (TPSA) is 68.2 Å².